The Labute approximate surface area is 72.6 Å². The van der Waals surface area contributed by atoms with Crippen LogP contribution in [0.3, 0.4) is 0 Å². The van der Waals surface area contributed by atoms with Gasteiger partial charge < -0.3 is 0 Å². The van der Waals surface area contributed by atoms with E-state index in [-0.39, 0.29) is 5.82 Å². The Kier molecular flexibility index (Phi) is 2.25. The van der Waals surface area contributed by atoms with E-state index < -0.39 is 0 Å². The standard InChI is InChI=1S/C8H5BrFN/c1-5-2-7(9)6(4-11)3-8(5)10/h2-3H,1H3. The van der Waals surface area contributed by atoms with E-state index in [1.54, 1.807) is 13.0 Å². The molecule has 0 radical (unpaired) electrons. The zero-order chi connectivity index (χ0) is 8.43. The number of hydrogen-bond donors (Lipinski definition) is 0. The lowest BCUT2D eigenvalue weighted by Gasteiger charge is -1.98. The number of halogens is 2. The van der Waals surface area contributed by atoms with Crippen LogP contribution in [0, 0.1) is 24.1 Å². The zero-order valence-corrected chi connectivity index (χ0v) is 7.44. The van der Waals surface area contributed by atoms with Crippen molar-refractivity contribution in [2.45, 2.75) is 6.92 Å². The topological polar surface area (TPSA) is 23.8 Å². The van der Waals surface area contributed by atoms with Crippen molar-refractivity contribution in [3.63, 3.8) is 0 Å². The molecule has 0 atom stereocenters. The smallest absolute Gasteiger partial charge is 0.127 e. The molecule has 1 aromatic carbocycles. The van der Waals surface area contributed by atoms with E-state index in [9.17, 15) is 4.39 Å². The summed E-state index contributed by atoms with van der Waals surface area (Å²) in [7, 11) is 0. The molecule has 1 aromatic rings. The molecule has 0 aliphatic heterocycles. The Bertz CT molecular complexity index is 328. The summed E-state index contributed by atoms with van der Waals surface area (Å²) in [5, 5.41) is 8.49. The minimum absolute atomic E-state index is 0.327. The Morgan fingerprint density at radius 3 is 2.73 bits per heavy atom. The highest BCUT2D eigenvalue weighted by molar-refractivity contribution is 9.10. The molecule has 0 unspecified atom stereocenters. The molecule has 3 heteroatoms. The van der Waals surface area contributed by atoms with Crippen molar-refractivity contribution in [1.82, 2.24) is 0 Å². The minimum Gasteiger partial charge on any atom is -0.207 e. The predicted octanol–water partition coefficient (Wildman–Crippen LogP) is 2.77. The van der Waals surface area contributed by atoms with Crippen molar-refractivity contribution in [2.75, 3.05) is 0 Å². The van der Waals surface area contributed by atoms with Gasteiger partial charge in [0.15, 0.2) is 0 Å². The first-order chi connectivity index (χ1) is 5.15. The Hall–Kier alpha value is -0.880. The predicted molar refractivity (Wildman–Crippen MR) is 43.6 cm³/mol. The third-order valence-corrected chi connectivity index (χ3v) is 2.02. The van der Waals surface area contributed by atoms with Crippen LogP contribution in [-0.2, 0) is 0 Å². The summed E-state index contributed by atoms with van der Waals surface area (Å²) in [4.78, 5) is 0. The van der Waals surface area contributed by atoms with Crippen LogP contribution >= 0.6 is 15.9 Å². The quantitative estimate of drug-likeness (QED) is 0.651. The van der Waals surface area contributed by atoms with Crippen molar-refractivity contribution in [2.24, 2.45) is 0 Å². The summed E-state index contributed by atoms with van der Waals surface area (Å²) < 4.78 is 13.4. The lowest BCUT2D eigenvalue weighted by atomic mass is 10.1. The molecule has 0 N–H and O–H groups in total. The van der Waals surface area contributed by atoms with Gasteiger partial charge in [0.05, 0.1) is 5.56 Å². The highest BCUT2D eigenvalue weighted by Crippen LogP contribution is 2.19. The van der Waals surface area contributed by atoms with E-state index in [2.05, 4.69) is 15.9 Å². The first-order valence-electron chi connectivity index (χ1n) is 3.01. The third-order valence-electron chi connectivity index (χ3n) is 1.37. The minimum atomic E-state index is -0.343. The maximum absolute atomic E-state index is 12.8. The number of benzene rings is 1. The number of rotatable bonds is 0. The fraction of sp³-hybridized carbons (Fsp3) is 0.125. The van der Waals surface area contributed by atoms with Gasteiger partial charge in [0, 0.05) is 4.47 Å². The van der Waals surface area contributed by atoms with Crippen molar-refractivity contribution in [1.29, 1.82) is 5.26 Å². The molecule has 0 spiro atoms. The lowest BCUT2D eigenvalue weighted by Crippen LogP contribution is -1.85. The Morgan fingerprint density at radius 2 is 2.18 bits per heavy atom. The molecule has 1 rings (SSSR count). The van der Waals surface area contributed by atoms with E-state index in [1.165, 1.54) is 6.07 Å². The van der Waals surface area contributed by atoms with Crippen LogP contribution in [0.5, 0.6) is 0 Å². The number of nitriles is 1. The SMILES string of the molecule is Cc1cc(Br)c(C#N)cc1F. The monoisotopic (exact) mass is 213 g/mol. The molecule has 0 aliphatic rings. The van der Waals surface area contributed by atoms with Crippen molar-refractivity contribution in [3.05, 3.63) is 33.5 Å². The first kappa shape index (κ1) is 8.22. The van der Waals surface area contributed by atoms with Gasteiger partial charge in [0.25, 0.3) is 0 Å². The summed E-state index contributed by atoms with van der Waals surface area (Å²) in [5.41, 5.74) is 0.865. The van der Waals surface area contributed by atoms with Crippen LogP contribution in [0.25, 0.3) is 0 Å². The molecule has 0 aromatic heterocycles. The Morgan fingerprint density at radius 1 is 1.55 bits per heavy atom. The van der Waals surface area contributed by atoms with Crippen LogP contribution in [-0.4, -0.2) is 0 Å². The van der Waals surface area contributed by atoms with Crippen molar-refractivity contribution >= 4 is 15.9 Å². The molecule has 0 heterocycles. The van der Waals surface area contributed by atoms with E-state index in [0.29, 0.717) is 15.6 Å². The molecule has 0 saturated heterocycles. The van der Waals surface area contributed by atoms with Gasteiger partial charge in [0.1, 0.15) is 11.9 Å². The van der Waals surface area contributed by atoms with Gasteiger partial charge in [-0.05, 0) is 40.5 Å². The van der Waals surface area contributed by atoms with Gasteiger partial charge in [0.2, 0.25) is 0 Å². The normalized spacial score (nSPS) is 9.27. The highest BCUT2D eigenvalue weighted by atomic mass is 79.9. The summed E-state index contributed by atoms with van der Waals surface area (Å²) >= 11 is 3.15. The van der Waals surface area contributed by atoms with Crippen molar-refractivity contribution in [3.8, 4) is 6.07 Å². The fourth-order valence-electron chi connectivity index (χ4n) is 0.732. The van der Waals surface area contributed by atoms with Gasteiger partial charge >= 0.3 is 0 Å². The molecule has 11 heavy (non-hydrogen) atoms. The van der Waals surface area contributed by atoms with Gasteiger partial charge in [-0.2, -0.15) is 5.26 Å². The highest BCUT2D eigenvalue weighted by Gasteiger charge is 2.03. The van der Waals surface area contributed by atoms with E-state index in [1.807, 2.05) is 6.07 Å². The van der Waals surface area contributed by atoms with Crippen LogP contribution in [0.4, 0.5) is 4.39 Å². The van der Waals surface area contributed by atoms with E-state index in [0.717, 1.165) is 0 Å². The molecule has 1 nitrogen and oxygen atoms in total. The van der Waals surface area contributed by atoms with Crippen LogP contribution in [0.2, 0.25) is 0 Å². The summed E-state index contributed by atoms with van der Waals surface area (Å²) in [5.74, 6) is -0.343. The number of hydrogen-bond acceptors (Lipinski definition) is 1. The van der Waals surface area contributed by atoms with Gasteiger partial charge in [-0.15, -0.1) is 0 Å². The summed E-state index contributed by atoms with van der Waals surface area (Å²) in [6, 6.07) is 4.69. The molecule has 0 fully saturated rings. The second kappa shape index (κ2) is 3.02. The second-order valence-corrected chi connectivity index (χ2v) is 3.05. The second-order valence-electron chi connectivity index (χ2n) is 2.19. The average molecular weight is 214 g/mol. The maximum atomic E-state index is 12.8. The summed E-state index contributed by atoms with van der Waals surface area (Å²) in [6.07, 6.45) is 0. The lowest BCUT2D eigenvalue weighted by molar-refractivity contribution is 0.617. The molecule has 0 aliphatic carbocycles. The average Bonchev–Trinajstić information content (AvgIpc) is 1.97. The van der Waals surface area contributed by atoms with Gasteiger partial charge in [-0.1, -0.05) is 0 Å². The molecule has 0 amide bonds. The fourth-order valence-corrected chi connectivity index (χ4v) is 1.28. The first-order valence-corrected chi connectivity index (χ1v) is 3.80. The van der Waals surface area contributed by atoms with Crippen LogP contribution in [0.1, 0.15) is 11.1 Å². The van der Waals surface area contributed by atoms with Gasteiger partial charge in [-0.3, -0.25) is 0 Å². The summed E-state index contributed by atoms with van der Waals surface area (Å²) in [6.45, 7) is 1.65. The van der Waals surface area contributed by atoms with Gasteiger partial charge in [-0.25, -0.2) is 4.39 Å². The number of aryl methyl sites for hydroxylation is 1. The largest absolute Gasteiger partial charge is 0.207 e. The van der Waals surface area contributed by atoms with Crippen molar-refractivity contribution < 1.29 is 4.39 Å². The van der Waals surface area contributed by atoms with Crippen LogP contribution in [0.15, 0.2) is 16.6 Å². The number of nitrogens with zero attached hydrogens (tertiary/aromatic N) is 1. The molecular weight excluding hydrogens is 209 g/mol. The third kappa shape index (κ3) is 1.58. The van der Waals surface area contributed by atoms with Crippen LogP contribution < -0.4 is 0 Å². The zero-order valence-electron chi connectivity index (χ0n) is 5.86. The molecule has 0 saturated carbocycles. The molecule has 56 valence electrons. The molecule has 0 bridgehead atoms. The maximum Gasteiger partial charge on any atom is 0.127 e. The molecular formula is C8H5BrFN. The van der Waals surface area contributed by atoms with E-state index >= 15 is 0 Å². The Balaban J connectivity index is 3.35. The van der Waals surface area contributed by atoms with E-state index in [4.69, 9.17) is 5.26 Å².